The Hall–Kier alpha value is -1.05. The molecule has 0 bridgehead atoms. The van der Waals surface area contributed by atoms with E-state index >= 15 is 0 Å². The molecule has 1 heteroatoms. The second-order valence-electron chi connectivity index (χ2n) is 4.41. The van der Waals surface area contributed by atoms with Crippen molar-refractivity contribution in [3.05, 3.63) is 65.2 Å². The van der Waals surface area contributed by atoms with Gasteiger partial charge in [-0.1, -0.05) is 60.2 Å². The van der Waals surface area contributed by atoms with E-state index in [2.05, 4.69) is 61.5 Å². The largest absolute Gasteiger partial charge is 2.00 e. The van der Waals surface area contributed by atoms with E-state index in [4.69, 9.17) is 0 Å². The molecule has 82 valence electrons. The average molecular weight is 233 g/mol. The number of fused-ring (bicyclic) bond motifs is 1. The molecule has 3 rings (SSSR count). The second kappa shape index (κ2) is 5.07. The van der Waals surface area contributed by atoms with Crippen LogP contribution < -0.4 is 0 Å². The van der Waals surface area contributed by atoms with Crippen molar-refractivity contribution < 1.29 is 2.85 Å². The summed E-state index contributed by atoms with van der Waals surface area (Å²) in [6, 6.07) is 17.2. The number of hydrogen-bond acceptors (Lipinski definition) is 0. The molecule has 0 aromatic heterocycles. The molecule has 0 radical (unpaired) electrons. The Labute approximate surface area is 121 Å². The summed E-state index contributed by atoms with van der Waals surface area (Å²) in [5, 5.41) is 0. The maximum Gasteiger partial charge on any atom is 2.00 e. The Morgan fingerprint density at radius 3 is 2.47 bits per heavy atom. The quantitative estimate of drug-likeness (QED) is 0.648. The van der Waals surface area contributed by atoms with E-state index < -0.39 is 0 Å². The Balaban J connectivity index is 0.00000108. The van der Waals surface area contributed by atoms with Crippen LogP contribution >= 0.6 is 0 Å². The molecule has 1 aliphatic carbocycles. The van der Waals surface area contributed by atoms with Gasteiger partial charge >= 0.3 is 23.1 Å². The van der Waals surface area contributed by atoms with E-state index in [1.54, 1.807) is 0 Å². The Bertz CT molecular complexity index is 562. The Morgan fingerprint density at radius 1 is 0.941 bits per heavy atom. The van der Waals surface area contributed by atoms with Crippen molar-refractivity contribution in [2.45, 2.75) is 13.3 Å². The molecule has 0 spiro atoms. The van der Waals surface area contributed by atoms with Crippen LogP contribution in [-0.4, -0.2) is 23.1 Å². The van der Waals surface area contributed by atoms with Crippen LogP contribution in [0.1, 0.15) is 20.9 Å². The van der Waals surface area contributed by atoms with Crippen LogP contribution in [0.15, 0.2) is 54.1 Å². The van der Waals surface area contributed by atoms with Crippen LogP contribution in [0, 0.1) is 0 Å². The van der Waals surface area contributed by atoms with Crippen LogP contribution in [-0.2, 0) is 6.42 Å². The van der Waals surface area contributed by atoms with Crippen molar-refractivity contribution in [3.8, 4) is 11.1 Å². The molecule has 0 aliphatic heterocycles. The molecule has 0 nitrogen and oxygen atoms in total. The number of hydrogen-bond donors (Lipinski definition) is 0. The predicted molar refractivity (Wildman–Crippen MR) is 77.2 cm³/mol. The molecular formula is C16H16Mg. The first-order chi connectivity index (χ1) is 7.84. The van der Waals surface area contributed by atoms with Crippen molar-refractivity contribution in [2.75, 3.05) is 0 Å². The molecule has 0 heterocycles. The maximum atomic E-state index is 2.32. The van der Waals surface area contributed by atoms with Gasteiger partial charge in [0, 0.05) is 0 Å². The first-order valence-corrected chi connectivity index (χ1v) is 5.69. The van der Waals surface area contributed by atoms with E-state index in [0.29, 0.717) is 0 Å². The van der Waals surface area contributed by atoms with Crippen molar-refractivity contribution >= 4 is 29.1 Å². The zero-order valence-corrected chi connectivity index (χ0v) is 11.5. The molecule has 2 aromatic rings. The van der Waals surface area contributed by atoms with Crippen LogP contribution in [0.4, 0.5) is 0 Å². The van der Waals surface area contributed by atoms with Crippen molar-refractivity contribution in [1.82, 2.24) is 0 Å². The average Bonchev–Trinajstić information content (AvgIpc) is 2.70. The monoisotopic (exact) mass is 232 g/mol. The fraction of sp³-hybridized carbons (Fsp3) is 0.125. The zero-order chi connectivity index (χ0) is 11.0. The van der Waals surface area contributed by atoms with E-state index in [9.17, 15) is 0 Å². The number of rotatable bonds is 1. The first kappa shape index (κ1) is 12.4. The van der Waals surface area contributed by atoms with Crippen molar-refractivity contribution in [3.63, 3.8) is 0 Å². The molecule has 0 N–H and O–H groups in total. The van der Waals surface area contributed by atoms with Crippen molar-refractivity contribution in [2.24, 2.45) is 0 Å². The Morgan fingerprint density at radius 2 is 1.71 bits per heavy atom. The van der Waals surface area contributed by atoms with Gasteiger partial charge in [0.1, 0.15) is 0 Å². The summed E-state index contributed by atoms with van der Waals surface area (Å²) in [5.41, 5.74) is 6.99. The number of allylic oxidation sites excluding steroid dienone is 1. The summed E-state index contributed by atoms with van der Waals surface area (Å²) in [5.74, 6) is 0. The molecule has 0 saturated heterocycles. The summed E-state index contributed by atoms with van der Waals surface area (Å²) in [6.07, 6.45) is 3.42. The molecule has 0 atom stereocenters. The SMILES string of the molecule is CC1=Cc2c(cccc2-c2ccccc2)C1.[H-].[H-].[Mg+2]. The fourth-order valence-electron chi connectivity index (χ4n) is 2.40. The first-order valence-electron chi connectivity index (χ1n) is 5.69. The predicted octanol–water partition coefficient (Wildman–Crippen LogP) is 4.16. The van der Waals surface area contributed by atoms with Gasteiger partial charge in [0.2, 0.25) is 0 Å². The van der Waals surface area contributed by atoms with Gasteiger partial charge in [-0.15, -0.1) is 0 Å². The summed E-state index contributed by atoms with van der Waals surface area (Å²) in [6.45, 7) is 2.20. The molecule has 1 aliphatic rings. The molecular weight excluding hydrogens is 216 g/mol. The summed E-state index contributed by atoms with van der Waals surface area (Å²) < 4.78 is 0. The smallest absolute Gasteiger partial charge is 1.00 e. The zero-order valence-electron chi connectivity index (χ0n) is 12.1. The van der Waals surface area contributed by atoms with E-state index in [-0.39, 0.29) is 25.9 Å². The second-order valence-corrected chi connectivity index (χ2v) is 4.41. The summed E-state index contributed by atoms with van der Waals surface area (Å²) in [4.78, 5) is 0. The minimum Gasteiger partial charge on any atom is -1.00 e. The molecule has 0 saturated carbocycles. The molecule has 0 fully saturated rings. The third-order valence-electron chi connectivity index (χ3n) is 3.14. The Kier molecular flexibility index (Phi) is 3.70. The van der Waals surface area contributed by atoms with Crippen LogP contribution in [0.3, 0.4) is 0 Å². The van der Waals surface area contributed by atoms with Crippen LogP contribution in [0.5, 0.6) is 0 Å². The van der Waals surface area contributed by atoms with Gasteiger partial charge in [-0.3, -0.25) is 0 Å². The van der Waals surface area contributed by atoms with E-state index in [0.717, 1.165) is 6.42 Å². The van der Waals surface area contributed by atoms with Gasteiger partial charge in [0.25, 0.3) is 0 Å². The van der Waals surface area contributed by atoms with Gasteiger partial charge in [-0.2, -0.15) is 0 Å². The maximum absolute atomic E-state index is 2.32. The van der Waals surface area contributed by atoms with Gasteiger partial charge < -0.3 is 2.85 Å². The van der Waals surface area contributed by atoms with Gasteiger partial charge in [-0.25, -0.2) is 0 Å². The normalized spacial score (nSPS) is 12.6. The third kappa shape index (κ3) is 2.31. The third-order valence-corrected chi connectivity index (χ3v) is 3.14. The van der Waals surface area contributed by atoms with Crippen molar-refractivity contribution in [1.29, 1.82) is 0 Å². The minimum atomic E-state index is 0. The minimum absolute atomic E-state index is 0. The molecule has 17 heavy (non-hydrogen) atoms. The van der Waals surface area contributed by atoms with Gasteiger partial charge in [0.15, 0.2) is 0 Å². The van der Waals surface area contributed by atoms with Gasteiger partial charge in [0.05, 0.1) is 0 Å². The van der Waals surface area contributed by atoms with Gasteiger partial charge in [-0.05, 0) is 35.6 Å². The molecule has 2 aromatic carbocycles. The molecule has 0 amide bonds. The van der Waals surface area contributed by atoms with Crippen LogP contribution in [0.25, 0.3) is 17.2 Å². The van der Waals surface area contributed by atoms with Crippen LogP contribution in [0.2, 0.25) is 0 Å². The standard InChI is InChI=1S/C16H14.Mg.2H/c1-12-10-14-8-5-9-15(16(14)11-12)13-6-3-2-4-7-13;;;/h2-9,11H,10H2,1H3;;;/q;+2;2*-1. The molecule has 0 unspecified atom stereocenters. The fourth-order valence-corrected chi connectivity index (χ4v) is 2.40. The number of benzene rings is 2. The van der Waals surface area contributed by atoms with E-state index in [1.165, 1.54) is 27.8 Å². The van der Waals surface area contributed by atoms with E-state index in [1.807, 2.05) is 0 Å². The summed E-state index contributed by atoms with van der Waals surface area (Å²) >= 11 is 0. The summed E-state index contributed by atoms with van der Waals surface area (Å²) in [7, 11) is 0. The topological polar surface area (TPSA) is 0 Å².